The van der Waals surface area contributed by atoms with Crippen LogP contribution < -0.4 is 4.74 Å². The molecule has 0 unspecified atom stereocenters. The summed E-state index contributed by atoms with van der Waals surface area (Å²) in [5.74, 6) is 0.138. The number of halogens is 1. The Morgan fingerprint density at radius 3 is 2.57 bits per heavy atom. The predicted octanol–water partition coefficient (Wildman–Crippen LogP) is 3.29. The number of aryl methyl sites for hydroxylation is 1. The zero-order valence-corrected chi connectivity index (χ0v) is 12.2. The van der Waals surface area contributed by atoms with E-state index in [1.807, 2.05) is 31.2 Å². The van der Waals surface area contributed by atoms with Crippen LogP contribution in [-0.4, -0.2) is 31.0 Å². The maximum Gasteiger partial charge on any atom is 0.253 e. The second kappa shape index (κ2) is 6.88. The van der Waals surface area contributed by atoms with Crippen LogP contribution in [0.15, 0.2) is 48.5 Å². The van der Waals surface area contributed by atoms with Crippen molar-refractivity contribution in [3.63, 3.8) is 0 Å². The number of carbonyl (C=O) groups excluding carboxylic acids is 1. The second-order valence-corrected chi connectivity index (χ2v) is 4.90. The fourth-order valence-corrected chi connectivity index (χ4v) is 1.88. The molecule has 21 heavy (non-hydrogen) atoms. The topological polar surface area (TPSA) is 29.5 Å². The number of hydrogen-bond donors (Lipinski definition) is 0. The molecule has 110 valence electrons. The van der Waals surface area contributed by atoms with Gasteiger partial charge >= 0.3 is 0 Å². The number of carbonyl (C=O) groups is 1. The normalized spacial score (nSPS) is 10.2. The number of rotatable bonds is 5. The minimum absolute atomic E-state index is 0.220. The van der Waals surface area contributed by atoms with E-state index in [4.69, 9.17) is 4.74 Å². The highest BCUT2D eigenvalue weighted by atomic mass is 19.1. The average Bonchev–Trinajstić information content (AvgIpc) is 2.48. The highest BCUT2D eigenvalue weighted by Crippen LogP contribution is 2.11. The van der Waals surface area contributed by atoms with Crippen LogP contribution in [0.3, 0.4) is 0 Å². The standard InChI is InChI=1S/C17H18FNO2/c1-13-6-8-16(9-7-13)21-11-10-19(2)17(20)14-4-3-5-15(18)12-14/h3-9,12H,10-11H2,1-2H3. The van der Waals surface area contributed by atoms with Crippen molar-refractivity contribution in [3.05, 3.63) is 65.5 Å². The summed E-state index contributed by atoms with van der Waals surface area (Å²) in [6.07, 6.45) is 0. The highest BCUT2D eigenvalue weighted by molar-refractivity contribution is 5.94. The first-order valence-corrected chi connectivity index (χ1v) is 6.77. The fraction of sp³-hybridized carbons (Fsp3) is 0.235. The fourth-order valence-electron chi connectivity index (χ4n) is 1.88. The molecule has 0 spiro atoms. The Morgan fingerprint density at radius 1 is 1.19 bits per heavy atom. The van der Waals surface area contributed by atoms with Crippen molar-refractivity contribution in [2.45, 2.75) is 6.92 Å². The second-order valence-electron chi connectivity index (χ2n) is 4.90. The Balaban J connectivity index is 1.85. The molecule has 0 fully saturated rings. The van der Waals surface area contributed by atoms with Gasteiger partial charge in [-0.15, -0.1) is 0 Å². The number of benzene rings is 2. The highest BCUT2D eigenvalue weighted by Gasteiger charge is 2.12. The van der Waals surface area contributed by atoms with E-state index in [0.717, 1.165) is 5.75 Å². The van der Waals surface area contributed by atoms with Crippen LogP contribution in [0.25, 0.3) is 0 Å². The summed E-state index contributed by atoms with van der Waals surface area (Å²) in [4.78, 5) is 13.6. The van der Waals surface area contributed by atoms with Gasteiger partial charge in [0.2, 0.25) is 0 Å². The summed E-state index contributed by atoms with van der Waals surface area (Å²) in [7, 11) is 1.67. The molecule has 0 aliphatic heterocycles. The van der Waals surface area contributed by atoms with E-state index in [2.05, 4.69) is 0 Å². The molecule has 0 bridgehead atoms. The summed E-state index contributed by atoms with van der Waals surface area (Å²) >= 11 is 0. The third-order valence-electron chi connectivity index (χ3n) is 3.13. The molecule has 2 aromatic rings. The van der Waals surface area contributed by atoms with E-state index in [0.29, 0.717) is 18.7 Å². The molecule has 0 N–H and O–H groups in total. The molecule has 2 aromatic carbocycles. The van der Waals surface area contributed by atoms with Crippen LogP contribution in [-0.2, 0) is 0 Å². The summed E-state index contributed by atoms with van der Waals surface area (Å²) in [5, 5.41) is 0. The molecular weight excluding hydrogens is 269 g/mol. The van der Waals surface area contributed by atoms with E-state index in [1.54, 1.807) is 13.1 Å². The van der Waals surface area contributed by atoms with Gasteiger partial charge in [0.05, 0.1) is 6.54 Å². The van der Waals surface area contributed by atoms with Gasteiger partial charge in [-0.1, -0.05) is 23.8 Å². The first-order chi connectivity index (χ1) is 10.1. The summed E-state index contributed by atoms with van der Waals surface area (Å²) in [6, 6.07) is 13.4. The maximum atomic E-state index is 13.1. The molecule has 0 atom stereocenters. The number of hydrogen-bond acceptors (Lipinski definition) is 2. The average molecular weight is 287 g/mol. The minimum atomic E-state index is -0.412. The third kappa shape index (κ3) is 4.31. The van der Waals surface area contributed by atoms with Gasteiger partial charge in [0, 0.05) is 12.6 Å². The van der Waals surface area contributed by atoms with Gasteiger partial charge in [-0.05, 0) is 37.3 Å². The largest absolute Gasteiger partial charge is 0.492 e. The summed E-state index contributed by atoms with van der Waals surface area (Å²) in [6.45, 7) is 2.83. The Labute approximate surface area is 124 Å². The van der Waals surface area contributed by atoms with Crippen molar-refractivity contribution < 1.29 is 13.9 Å². The maximum absolute atomic E-state index is 13.1. The molecule has 0 saturated heterocycles. The SMILES string of the molecule is Cc1ccc(OCCN(C)C(=O)c2cccc(F)c2)cc1. The minimum Gasteiger partial charge on any atom is -0.492 e. The molecule has 0 heterocycles. The van der Waals surface area contributed by atoms with Crippen LogP contribution in [0.5, 0.6) is 5.75 Å². The van der Waals surface area contributed by atoms with Crippen LogP contribution in [0.1, 0.15) is 15.9 Å². The summed E-state index contributed by atoms with van der Waals surface area (Å²) < 4.78 is 18.7. The lowest BCUT2D eigenvalue weighted by Crippen LogP contribution is -2.30. The summed E-state index contributed by atoms with van der Waals surface area (Å²) in [5.41, 5.74) is 1.51. The van der Waals surface area contributed by atoms with Crippen LogP contribution in [0, 0.1) is 12.7 Å². The molecule has 0 aliphatic rings. The monoisotopic (exact) mass is 287 g/mol. The van der Waals surface area contributed by atoms with Crippen molar-refractivity contribution in [1.29, 1.82) is 0 Å². The van der Waals surface area contributed by atoms with Gasteiger partial charge in [0.15, 0.2) is 0 Å². The lowest BCUT2D eigenvalue weighted by molar-refractivity contribution is 0.0773. The van der Waals surface area contributed by atoms with Gasteiger partial charge < -0.3 is 9.64 Å². The number of ether oxygens (including phenoxy) is 1. The Bertz CT molecular complexity index is 610. The van der Waals surface area contributed by atoms with Crippen LogP contribution >= 0.6 is 0 Å². The molecule has 0 saturated carbocycles. The smallest absolute Gasteiger partial charge is 0.253 e. The molecule has 1 amide bonds. The Morgan fingerprint density at radius 2 is 1.90 bits per heavy atom. The molecule has 0 radical (unpaired) electrons. The van der Waals surface area contributed by atoms with Gasteiger partial charge in [-0.3, -0.25) is 4.79 Å². The molecule has 0 aliphatic carbocycles. The van der Waals surface area contributed by atoms with E-state index >= 15 is 0 Å². The zero-order chi connectivity index (χ0) is 15.2. The van der Waals surface area contributed by atoms with Crippen molar-refractivity contribution in [1.82, 2.24) is 4.90 Å². The lowest BCUT2D eigenvalue weighted by atomic mass is 10.2. The molecule has 3 nitrogen and oxygen atoms in total. The van der Waals surface area contributed by atoms with Crippen LogP contribution in [0.2, 0.25) is 0 Å². The van der Waals surface area contributed by atoms with Crippen molar-refractivity contribution >= 4 is 5.91 Å². The first-order valence-electron chi connectivity index (χ1n) is 6.77. The number of likely N-dealkylation sites (N-methyl/N-ethyl adjacent to an activating group) is 1. The van der Waals surface area contributed by atoms with Crippen molar-refractivity contribution in [2.24, 2.45) is 0 Å². The quantitative estimate of drug-likeness (QED) is 0.844. The predicted molar refractivity (Wildman–Crippen MR) is 80.0 cm³/mol. The van der Waals surface area contributed by atoms with E-state index in [-0.39, 0.29) is 5.91 Å². The van der Waals surface area contributed by atoms with Gasteiger partial charge in [-0.25, -0.2) is 4.39 Å². The Hall–Kier alpha value is -2.36. The van der Waals surface area contributed by atoms with Gasteiger partial charge in [0.25, 0.3) is 5.91 Å². The lowest BCUT2D eigenvalue weighted by Gasteiger charge is -2.17. The number of amides is 1. The zero-order valence-electron chi connectivity index (χ0n) is 12.2. The van der Waals surface area contributed by atoms with Gasteiger partial charge in [-0.2, -0.15) is 0 Å². The Kier molecular flexibility index (Phi) is 4.93. The first kappa shape index (κ1) is 15.0. The third-order valence-corrected chi connectivity index (χ3v) is 3.13. The molecule has 2 rings (SSSR count). The molecule has 0 aromatic heterocycles. The van der Waals surface area contributed by atoms with Crippen LogP contribution in [0.4, 0.5) is 4.39 Å². The number of nitrogens with zero attached hydrogens (tertiary/aromatic N) is 1. The van der Waals surface area contributed by atoms with E-state index in [1.165, 1.54) is 28.7 Å². The molecule has 4 heteroatoms. The van der Waals surface area contributed by atoms with E-state index < -0.39 is 5.82 Å². The van der Waals surface area contributed by atoms with Crippen molar-refractivity contribution in [2.75, 3.05) is 20.2 Å². The van der Waals surface area contributed by atoms with E-state index in [9.17, 15) is 9.18 Å². The van der Waals surface area contributed by atoms with Gasteiger partial charge in [0.1, 0.15) is 18.2 Å². The van der Waals surface area contributed by atoms with Crippen molar-refractivity contribution in [3.8, 4) is 5.75 Å². The molecular formula is C17H18FNO2.